The van der Waals surface area contributed by atoms with E-state index in [-0.39, 0.29) is 0 Å². The van der Waals surface area contributed by atoms with E-state index in [9.17, 15) is 0 Å². The first kappa shape index (κ1) is 13.4. The van der Waals surface area contributed by atoms with Gasteiger partial charge in [0.1, 0.15) is 5.82 Å². The van der Waals surface area contributed by atoms with Crippen molar-refractivity contribution in [3.05, 3.63) is 53.7 Å². The zero-order valence-corrected chi connectivity index (χ0v) is 11.6. The Labute approximate surface area is 114 Å². The summed E-state index contributed by atoms with van der Waals surface area (Å²) >= 11 is 0. The molecule has 19 heavy (non-hydrogen) atoms. The number of nitrogens with zero attached hydrogens (tertiary/aromatic N) is 1. The fourth-order valence-corrected chi connectivity index (χ4v) is 1.97. The molecular formula is C16H21N3. The largest absolute Gasteiger partial charge is 0.398 e. The van der Waals surface area contributed by atoms with Crippen LogP contribution in [0.5, 0.6) is 0 Å². The van der Waals surface area contributed by atoms with Crippen molar-refractivity contribution in [1.29, 1.82) is 0 Å². The van der Waals surface area contributed by atoms with Gasteiger partial charge in [-0.1, -0.05) is 30.3 Å². The highest BCUT2D eigenvalue weighted by atomic mass is 15.0. The molecule has 1 aromatic carbocycles. The Morgan fingerprint density at radius 2 is 2.00 bits per heavy atom. The Balaban J connectivity index is 1.87. The van der Waals surface area contributed by atoms with Gasteiger partial charge < -0.3 is 11.1 Å². The van der Waals surface area contributed by atoms with E-state index < -0.39 is 0 Å². The predicted molar refractivity (Wildman–Crippen MR) is 81.2 cm³/mol. The molecule has 2 aromatic rings. The van der Waals surface area contributed by atoms with Gasteiger partial charge >= 0.3 is 0 Å². The standard InChI is InChI=1S/C16H21N3/c1-12-11-18-16(10-15(12)17)19-13(2)8-9-14-6-4-3-5-7-14/h3-7,10-11,13H,8-9H2,1-2H3,(H3,17,18,19). The first-order valence-corrected chi connectivity index (χ1v) is 6.68. The minimum atomic E-state index is 0.370. The smallest absolute Gasteiger partial charge is 0.128 e. The maximum absolute atomic E-state index is 5.88. The van der Waals surface area contributed by atoms with E-state index in [1.807, 2.05) is 25.3 Å². The van der Waals surface area contributed by atoms with Crippen LogP contribution in [0.15, 0.2) is 42.6 Å². The molecule has 1 aromatic heterocycles. The van der Waals surface area contributed by atoms with E-state index in [1.165, 1.54) is 5.56 Å². The highest BCUT2D eigenvalue weighted by Gasteiger charge is 2.04. The van der Waals surface area contributed by atoms with E-state index in [0.717, 1.165) is 29.9 Å². The first-order valence-electron chi connectivity index (χ1n) is 6.68. The minimum absolute atomic E-state index is 0.370. The molecule has 3 heteroatoms. The third kappa shape index (κ3) is 3.98. The maximum atomic E-state index is 5.88. The van der Waals surface area contributed by atoms with Crippen molar-refractivity contribution in [3.8, 4) is 0 Å². The van der Waals surface area contributed by atoms with Crippen LogP contribution in [-0.2, 0) is 6.42 Å². The molecule has 100 valence electrons. The summed E-state index contributed by atoms with van der Waals surface area (Å²) in [6, 6.07) is 12.8. The predicted octanol–water partition coefficient (Wildman–Crippen LogP) is 3.41. The van der Waals surface area contributed by atoms with E-state index in [4.69, 9.17) is 5.73 Å². The molecule has 1 atom stereocenters. The average molecular weight is 255 g/mol. The number of benzene rings is 1. The number of anilines is 2. The van der Waals surface area contributed by atoms with E-state index in [1.54, 1.807) is 0 Å². The van der Waals surface area contributed by atoms with E-state index >= 15 is 0 Å². The SMILES string of the molecule is Cc1cnc(NC(C)CCc2ccccc2)cc1N. The Kier molecular flexibility index (Phi) is 4.39. The van der Waals surface area contributed by atoms with Crippen molar-refractivity contribution in [1.82, 2.24) is 4.98 Å². The van der Waals surface area contributed by atoms with Gasteiger partial charge in [-0.05, 0) is 37.8 Å². The van der Waals surface area contributed by atoms with E-state index in [0.29, 0.717) is 6.04 Å². The van der Waals surface area contributed by atoms with Crippen LogP contribution in [0, 0.1) is 6.92 Å². The lowest BCUT2D eigenvalue weighted by Gasteiger charge is -2.15. The molecule has 3 N–H and O–H groups in total. The second-order valence-electron chi connectivity index (χ2n) is 5.00. The summed E-state index contributed by atoms with van der Waals surface area (Å²) in [5.41, 5.74) is 9.05. The number of pyridine rings is 1. The molecule has 0 radical (unpaired) electrons. The summed E-state index contributed by atoms with van der Waals surface area (Å²) in [6.45, 7) is 4.13. The Morgan fingerprint density at radius 3 is 2.68 bits per heavy atom. The lowest BCUT2D eigenvalue weighted by Crippen LogP contribution is -2.17. The number of nitrogen functional groups attached to an aromatic ring is 1. The minimum Gasteiger partial charge on any atom is -0.398 e. The lowest BCUT2D eigenvalue weighted by atomic mass is 10.1. The Bertz CT molecular complexity index is 523. The molecule has 0 aliphatic rings. The zero-order chi connectivity index (χ0) is 13.7. The van der Waals surface area contributed by atoms with Crippen molar-refractivity contribution in [3.63, 3.8) is 0 Å². The number of hydrogen-bond donors (Lipinski definition) is 2. The molecule has 0 spiro atoms. The molecule has 0 aliphatic carbocycles. The van der Waals surface area contributed by atoms with Gasteiger partial charge in [0, 0.05) is 24.0 Å². The van der Waals surface area contributed by atoms with Crippen LogP contribution in [0.2, 0.25) is 0 Å². The summed E-state index contributed by atoms with van der Waals surface area (Å²) in [6.07, 6.45) is 3.94. The van der Waals surface area contributed by atoms with Gasteiger partial charge in [0.05, 0.1) is 0 Å². The number of hydrogen-bond acceptors (Lipinski definition) is 3. The fraction of sp³-hybridized carbons (Fsp3) is 0.312. The van der Waals surface area contributed by atoms with Gasteiger partial charge in [0.2, 0.25) is 0 Å². The molecule has 1 unspecified atom stereocenters. The average Bonchev–Trinajstić information content (AvgIpc) is 2.42. The zero-order valence-electron chi connectivity index (χ0n) is 11.6. The van der Waals surface area contributed by atoms with Gasteiger partial charge in [0.15, 0.2) is 0 Å². The second kappa shape index (κ2) is 6.23. The number of nitrogens with one attached hydrogen (secondary N) is 1. The lowest BCUT2D eigenvalue weighted by molar-refractivity contribution is 0.703. The van der Waals surface area contributed by atoms with Crippen molar-refractivity contribution in [2.75, 3.05) is 11.1 Å². The van der Waals surface area contributed by atoms with Crippen LogP contribution in [-0.4, -0.2) is 11.0 Å². The maximum Gasteiger partial charge on any atom is 0.128 e. The van der Waals surface area contributed by atoms with Crippen LogP contribution < -0.4 is 11.1 Å². The van der Waals surface area contributed by atoms with Crippen molar-refractivity contribution >= 4 is 11.5 Å². The van der Waals surface area contributed by atoms with Gasteiger partial charge in [-0.3, -0.25) is 0 Å². The molecule has 0 bridgehead atoms. The summed E-state index contributed by atoms with van der Waals surface area (Å²) in [5, 5.41) is 3.39. The first-order chi connectivity index (χ1) is 9.15. The van der Waals surface area contributed by atoms with Crippen molar-refractivity contribution in [2.45, 2.75) is 32.7 Å². The number of nitrogens with two attached hydrogens (primary N) is 1. The van der Waals surface area contributed by atoms with E-state index in [2.05, 4.69) is 41.5 Å². The Hall–Kier alpha value is -2.03. The molecule has 0 amide bonds. The van der Waals surface area contributed by atoms with Gasteiger partial charge in [-0.15, -0.1) is 0 Å². The molecule has 2 rings (SSSR count). The topological polar surface area (TPSA) is 50.9 Å². The molecular weight excluding hydrogens is 234 g/mol. The third-order valence-corrected chi connectivity index (χ3v) is 3.25. The summed E-state index contributed by atoms with van der Waals surface area (Å²) < 4.78 is 0. The van der Waals surface area contributed by atoms with Gasteiger partial charge in [-0.2, -0.15) is 0 Å². The summed E-state index contributed by atoms with van der Waals surface area (Å²) in [7, 11) is 0. The molecule has 0 fully saturated rings. The fourth-order valence-electron chi connectivity index (χ4n) is 1.97. The van der Waals surface area contributed by atoms with Crippen molar-refractivity contribution < 1.29 is 0 Å². The van der Waals surface area contributed by atoms with Gasteiger partial charge in [0.25, 0.3) is 0 Å². The molecule has 1 heterocycles. The quantitative estimate of drug-likeness (QED) is 0.861. The van der Waals surface area contributed by atoms with Crippen LogP contribution in [0.3, 0.4) is 0 Å². The van der Waals surface area contributed by atoms with Crippen molar-refractivity contribution in [2.24, 2.45) is 0 Å². The number of rotatable bonds is 5. The normalized spacial score (nSPS) is 12.1. The van der Waals surface area contributed by atoms with Crippen LogP contribution in [0.1, 0.15) is 24.5 Å². The highest BCUT2D eigenvalue weighted by Crippen LogP contribution is 2.15. The highest BCUT2D eigenvalue weighted by molar-refractivity contribution is 5.53. The second-order valence-corrected chi connectivity index (χ2v) is 5.00. The molecule has 3 nitrogen and oxygen atoms in total. The third-order valence-electron chi connectivity index (χ3n) is 3.25. The van der Waals surface area contributed by atoms with Crippen LogP contribution in [0.4, 0.5) is 11.5 Å². The van der Waals surface area contributed by atoms with Gasteiger partial charge in [-0.25, -0.2) is 4.98 Å². The summed E-state index contributed by atoms with van der Waals surface area (Å²) in [4.78, 5) is 4.34. The Morgan fingerprint density at radius 1 is 1.26 bits per heavy atom. The molecule has 0 saturated carbocycles. The molecule has 0 aliphatic heterocycles. The summed E-state index contributed by atoms with van der Waals surface area (Å²) in [5.74, 6) is 0.851. The number of aryl methyl sites for hydroxylation is 2. The van der Waals surface area contributed by atoms with Crippen LogP contribution in [0.25, 0.3) is 0 Å². The number of aromatic nitrogens is 1. The van der Waals surface area contributed by atoms with Crippen LogP contribution >= 0.6 is 0 Å². The molecule has 0 saturated heterocycles. The monoisotopic (exact) mass is 255 g/mol.